The first-order chi connectivity index (χ1) is 11.6. The molecule has 126 valence electrons. The summed E-state index contributed by atoms with van der Waals surface area (Å²) >= 11 is 0. The van der Waals surface area contributed by atoms with Crippen LogP contribution < -0.4 is 11.1 Å². The maximum atomic E-state index is 8.00. The van der Waals surface area contributed by atoms with Crippen LogP contribution in [0.4, 0.5) is 5.82 Å². The zero-order valence-corrected chi connectivity index (χ0v) is 14.4. The van der Waals surface area contributed by atoms with Gasteiger partial charge in [-0.3, -0.25) is 0 Å². The van der Waals surface area contributed by atoms with Gasteiger partial charge in [0, 0.05) is 28.4 Å². The van der Waals surface area contributed by atoms with Crippen molar-refractivity contribution < 1.29 is 0 Å². The van der Waals surface area contributed by atoms with E-state index >= 15 is 0 Å². The maximum absolute atomic E-state index is 8.00. The van der Waals surface area contributed by atoms with Crippen molar-refractivity contribution in [1.29, 1.82) is 5.41 Å². The summed E-state index contributed by atoms with van der Waals surface area (Å²) in [5.41, 5.74) is 9.74. The third-order valence-electron chi connectivity index (χ3n) is 4.64. The van der Waals surface area contributed by atoms with E-state index in [-0.39, 0.29) is 0 Å². The number of allylic oxidation sites excluding steroid dienone is 2. The lowest BCUT2D eigenvalue weighted by Crippen LogP contribution is -2.23. The molecule has 1 aromatic heterocycles. The molecule has 1 aromatic carbocycles. The summed E-state index contributed by atoms with van der Waals surface area (Å²) in [6.45, 7) is 3.60. The van der Waals surface area contributed by atoms with Crippen molar-refractivity contribution >= 4 is 28.0 Å². The number of fused-ring (bicyclic) bond motifs is 1. The summed E-state index contributed by atoms with van der Waals surface area (Å²) in [6, 6.07) is 6.48. The van der Waals surface area contributed by atoms with Gasteiger partial charge in [0.15, 0.2) is 0 Å². The molecular weight excluding hydrogens is 298 g/mol. The van der Waals surface area contributed by atoms with E-state index in [0.29, 0.717) is 17.5 Å². The molecule has 1 heterocycles. The summed E-state index contributed by atoms with van der Waals surface area (Å²) < 4.78 is 0. The molecule has 0 bridgehead atoms. The molecule has 0 atom stereocenters. The van der Waals surface area contributed by atoms with Gasteiger partial charge in [-0.1, -0.05) is 25.3 Å². The molecule has 0 saturated heterocycles. The number of hydrogen-bond acceptors (Lipinski definition) is 5. The van der Waals surface area contributed by atoms with Crippen LogP contribution in [0.25, 0.3) is 16.5 Å². The zero-order valence-electron chi connectivity index (χ0n) is 14.4. The summed E-state index contributed by atoms with van der Waals surface area (Å²) in [6.07, 6.45) is 7.88. The lowest BCUT2D eigenvalue weighted by atomic mass is 9.95. The summed E-state index contributed by atoms with van der Waals surface area (Å²) in [5.74, 6) is 0.880. The molecular formula is C19H25N5. The summed E-state index contributed by atoms with van der Waals surface area (Å²) in [4.78, 5) is 8.84. The predicted octanol–water partition coefficient (Wildman–Crippen LogP) is 4.10. The Morgan fingerprint density at radius 2 is 1.92 bits per heavy atom. The molecule has 24 heavy (non-hydrogen) atoms. The van der Waals surface area contributed by atoms with Gasteiger partial charge in [0.1, 0.15) is 12.1 Å². The Hall–Kier alpha value is -2.43. The van der Waals surface area contributed by atoms with E-state index in [1.807, 2.05) is 25.1 Å². The summed E-state index contributed by atoms with van der Waals surface area (Å²) in [7, 11) is 0. The molecule has 0 spiro atoms. The number of nitrogens with zero attached hydrogens (tertiary/aromatic N) is 2. The minimum atomic E-state index is 0.466. The topological polar surface area (TPSA) is 87.7 Å². The van der Waals surface area contributed by atoms with Crippen LogP contribution in [0.2, 0.25) is 0 Å². The van der Waals surface area contributed by atoms with E-state index in [9.17, 15) is 0 Å². The van der Waals surface area contributed by atoms with Crippen molar-refractivity contribution in [2.75, 3.05) is 5.32 Å². The first-order valence-corrected chi connectivity index (χ1v) is 8.60. The zero-order chi connectivity index (χ0) is 17.1. The largest absolute Gasteiger partial charge is 0.402 e. The SMILES string of the molecule is CC(=N)/C(=C(/C)N)c1ccc2ncnc(NC3CCCCC3)c2c1. The highest BCUT2D eigenvalue weighted by molar-refractivity contribution is 6.22. The molecule has 0 aliphatic heterocycles. The van der Waals surface area contributed by atoms with Gasteiger partial charge in [0.25, 0.3) is 0 Å². The second kappa shape index (κ2) is 6.99. The van der Waals surface area contributed by atoms with Crippen LogP contribution in [0.3, 0.4) is 0 Å². The second-order valence-electron chi connectivity index (χ2n) is 6.62. The molecule has 1 saturated carbocycles. The number of nitrogens with two attached hydrogens (primary N) is 1. The van der Waals surface area contributed by atoms with Crippen LogP contribution in [0.5, 0.6) is 0 Å². The Bertz CT molecular complexity index is 783. The fraction of sp³-hybridized carbons (Fsp3) is 0.421. The Labute approximate surface area is 142 Å². The van der Waals surface area contributed by atoms with Gasteiger partial charge in [0.05, 0.1) is 5.52 Å². The van der Waals surface area contributed by atoms with E-state index in [4.69, 9.17) is 11.1 Å². The van der Waals surface area contributed by atoms with Gasteiger partial charge in [-0.25, -0.2) is 9.97 Å². The Morgan fingerprint density at radius 1 is 1.17 bits per heavy atom. The van der Waals surface area contributed by atoms with Crippen LogP contribution in [-0.4, -0.2) is 21.7 Å². The lowest BCUT2D eigenvalue weighted by Gasteiger charge is -2.24. The average molecular weight is 323 g/mol. The van der Waals surface area contributed by atoms with Crippen molar-refractivity contribution in [3.05, 3.63) is 35.8 Å². The number of anilines is 1. The summed E-state index contributed by atoms with van der Waals surface area (Å²) in [5, 5.41) is 12.6. The maximum Gasteiger partial charge on any atom is 0.137 e. The van der Waals surface area contributed by atoms with Gasteiger partial charge >= 0.3 is 0 Å². The Balaban J connectivity index is 2.02. The first kappa shape index (κ1) is 16.4. The third-order valence-corrected chi connectivity index (χ3v) is 4.64. The van der Waals surface area contributed by atoms with Crippen molar-refractivity contribution in [3.63, 3.8) is 0 Å². The Kier molecular flexibility index (Phi) is 4.79. The van der Waals surface area contributed by atoms with Gasteiger partial charge in [-0.2, -0.15) is 0 Å². The molecule has 1 aliphatic rings. The van der Waals surface area contributed by atoms with Crippen LogP contribution in [0, 0.1) is 5.41 Å². The Morgan fingerprint density at radius 3 is 2.58 bits per heavy atom. The smallest absolute Gasteiger partial charge is 0.137 e. The molecule has 0 radical (unpaired) electrons. The molecule has 5 heteroatoms. The standard InChI is InChI=1S/C19H25N5/c1-12(20)18(13(2)21)14-8-9-17-16(10-14)19(23-11-22-17)24-15-6-4-3-5-7-15/h8-11,15,20H,3-7,21H2,1-2H3,(H,22,23,24)/b18-13+,20-12?. The van der Waals surface area contributed by atoms with E-state index in [2.05, 4.69) is 15.3 Å². The molecule has 3 rings (SSSR count). The molecule has 1 aliphatic carbocycles. The normalized spacial score (nSPS) is 16.8. The average Bonchev–Trinajstić information content (AvgIpc) is 2.56. The number of benzene rings is 1. The van der Waals surface area contributed by atoms with Gasteiger partial charge in [-0.15, -0.1) is 0 Å². The molecule has 1 fully saturated rings. The number of hydrogen-bond donors (Lipinski definition) is 3. The fourth-order valence-corrected chi connectivity index (χ4v) is 3.51. The molecule has 5 nitrogen and oxygen atoms in total. The van der Waals surface area contributed by atoms with Crippen molar-refractivity contribution in [2.45, 2.75) is 52.0 Å². The van der Waals surface area contributed by atoms with E-state index in [0.717, 1.165) is 27.9 Å². The van der Waals surface area contributed by atoms with Gasteiger partial charge < -0.3 is 16.5 Å². The van der Waals surface area contributed by atoms with Gasteiger partial charge in [0.2, 0.25) is 0 Å². The highest BCUT2D eigenvalue weighted by Gasteiger charge is 2.16. The highest BCUT2D eigenvalue weighted by atomic mass is 15.0. The van der Waals surface area contributed by atoms with E-state index in [1.165, 1.54) is 32.1 Å². The van der Waals surface area contributed by atoms with Crippen molar-refractivity contribution in [3.8, 4) is 0 Å². The minimum absolute atomic E-state index is 0.466. The van der Waals surface area contributed by atoms with Crippen molar-refractivity contribution in [1.82, 2.24) is 9.97 Å². The number of rotatable bonds is 4. The van der Waals surface area contributed by atoms with E-state index < -0.39 is 0 Å². The predicted molar refractivity (Wildman–Crippen MR) is 100 cm³/mol. The van der Waals surface area contributed by atoms with E-state index in [1.54, 1.807) is 13.3 Å². The molecule has 0 amide bonds. The van der Waals surface area contributed by atoms with Crippen molar-refractivity contribution in [2.24, 2.45) is 5.73 Å². The van der Waals surface area contributed by atoms with Crippen LogP contribution in [0.15, 0.2) is 30.2 Å². The molecule has 4 N–H and O–H groups in total. The number of nitrogens with one attached hydrogen (secondary N) is 2. The lowest BCUT2D eigenvalue weighted by molar-refractivity contribution is 0.462. The number of aromatic nitrogens is 2. The van der Waals surface area contributed by atoms with Crippen LogP contribution in [-0.2, 0) is 0 Å². The van der Waals surface area contributed by atoms with Crippen LogP contribution >= 0.6 is 0 Å². The fourth-order valence-electron chi connectivity index (χ4n) is 3.51. The first-order valence-electron chi connectivity index (χ1n) is 8.60. The minimum Gasteiger partial charge on any atom is -0.402 e. The highest BCUT2D eigenvalue weighted by Crippen LogP contribution is 2.28. The monoisotopic (exact) mass is 323 g/mol. The van der Waals surface area contributed by atoms with Gasteiger partial charge in [-0.05, 0) is 44.4 Å². The third kappa shape index (κ3) is 3.40. The van der Waals surface area contributed by atoms with Crippen LogP contribution in [0.1, 0.15) is 51.5 Å². The quantitative estimate of drug-likeness (QED) is 0.739. The second-order valence-corrected chi connectivity index (χ2v) is 6.62. The molecule has 0 unspecified atom stereocenters. The molecule has 2 aromatic rings.